The van der Waals surface area contributed by atoms with Crippen LogP contribution in [0.15, 0.2) is 60.7 Å². The number of fused-ring (bicyclic) bond motifs is 2. The summed E-state index contributed by atoms with van der Waals surface area (Å²) in [5.41, 5.74) is 3.58. The average Bonchev–Trinajstić information content (AvgIpc) is 2.86. The number of nitrogens with zero attached hydrogens (tertiary/aromatic N) is 3. The van der Waals surface area contributed by atoms with Gasteiger partial charge in [0, 0.05) is 29.8 Å². The highest BCUT2D eigenvalue weighted by Crippen LogP contribution is 2.39. The molecule has 4 rings (SSSR count). The maximum atomic E-state index is 11.3. The number of rotatable bonds is 9. The van der Waals surface area contributed by atoms with Crippen molar-refractivity contribution in [1.29, 1.82) is 0 Å². The van der Waals surface area contributed by atoms with Gasteiger partial charge in [0.1, 0.15) is 5.75 Å². The number of aliphatic hydroxyl groups excluding tert-OH is 1. The van der Waals surface area contributed by atoms with E-state index in [0.29, 0.717) is 23.3 Å². The van der Waals surface area contributed by atoms with Crippen LogP contribution in [0.2, 0.25) is 0 Å². The summed E-state index contributed by atoms with van der Waals surface area (Å²) < 4.78 is 5.60. The molecule has 1 unspecified atom stereocenters. The standard InChI is InChI=1S/C26H28N4O4.2ClH/c1-4-29(5-2)16-23(31)17-9-11-18(12-10-17)27-26-20-14-13-19(30(32)33)15-22(20)28-21-7-6-8-24(34-3)25(21)26;;/h6-15,23,31H,4-5,16H2,1-3H3,(H,27,28);2*1H. The van der Waals surface area contributed by atoms with E-state index in [9.17, 15) is 15.2 Å². The van der Waals surface area contributed by atoms with E-state index in [-0.39, 0.29) is 30.5 Å². The van der Waals surface area contributed by atoms with Gasteiger partial charge in [0.05, 0.1) is 40.2 Å². The molecule has 0 saturated heterocycles. The van der Waals surface area contributed by atoms with E-state index in [1.165, 1.54) is 12.1 Å². The van der Waals surface area contributed by atoms with Gasteiger partial charge in [-0.15, -0.1) is 24.8 Å². The van der Waals surface area contributed by atoms with Crippen molar-refractivity contribution in [3.63, 3.8) is 0 Å². The quantitative estimate of drug-likeness (QED) is 0.149. The molecular weight excluding hydrogens is 503 g/mol. The number of pyridine rings is 1. The van der Waals surface area contributed by atoms with Crippen LogP contribution in [0.5, 0.6) is 5.75 Å². The molecule has 2 N–H and O–H groups in total. The van der Waals surface area contributed by atoms with E-state index >= 15 is 0 Å². The second kappa shape index (κ2) is 12.7. The summed E-state index contributed by atoms with van der Waals surface area (Å²) in [6.45, 7) is 6.51. The first-order valence-corrected chi connectivity index (χ1v) is 11.3. The molecule has 8 nitrogen and oxygen atoms in total. The zero-order valence-electron chi connectivity index (χ0n) is 20.3. The summed E-state index contributed by atoms with van der Waals surface area (Å²) in [6.07, 6.45) is -0.572. The molecule has 3 aromatic carbocycles. The molecule has 192 valence electrons. The number of nitrogens with one attached hydrogen (secondary N) is 1. The van der Waals surface area contributed by atoms with Gasteiger partial charge < -0.3 is 20.1 Å². The monoisotopic (exact) mass is 532 g/mol. The first-order chi connectivity index (χ1) is 16.4. The van der Waals surface area contributed by atoms with Gasteiger partial charge in [-0.05, 0) is 49.0 Å². The van der Waals surface area contributed by atoms with Crippen molar-refractivity contribution in [3.8, 4) is 5.75 Å². The van der Waals surface area contributed by atoms with Crippen molar-refractivity contribution in [2.45, 2.75) is 20.0 Å². The lowest BCUT2D eigenvalue weighted by molar-refractivity contribution is -0.384. The van der Waals surface area contributed by atoms with Crippen molar-refractivity contribution in [3.05, 3.63) is 76.3 Å². The molecule has 1 heterocycles. The molecule has 0 fully saturated rings. The molecule has 0 aliphatic heterocycles. The molecular formula is C26H30Cl2N4O4. The van der Waals surface area contributed by atoms with Crippen molar-refractivity contribution in [2.75, 3.05) is 32.1 Å². The van der Waals surface area contributed by atoms with Crippen LogP contribution in [0.3, 0.4) is 0 Å². The number of methoxy groups -OCH3 is 1. The van der Waals surface area contributed by atoms with Gasteiger partial charge in [0.15, 0.2) is 0 Å². The van der Waals surface area contributed by atoms with Crippen LogP contribution in [0.4, 0.5) is 17.1 Å². The number of anilines is 2. The Morgan fingerprint density at radius 2 is 1.75 bits per heavy atom. The van der Waals surface area contributed by atoms with Gasteiger partial charge >= 0.3 is 0 Å². The number of aromatic nitrogens is 1. The molecule has 0 saturated carbocycles. The normalized spacial score (nSPS) is 11.6. The van der Waals surface area contributed by atoms with E-state index in [4.69, 9.17) is 4.74 Å². The Bertz CT molecular complexity index is 1330. The largest absolute Gasteiger partial charge is 0.496 e. The fourth-order valence-corrected chi connectivity index (χ4v) is 4.13. The lowest BCUT2D eigenvalue weighted by Crippen LogP contribution is -2.28. The summed E-state index contributed by atoms with van der Waals surface area (Å²) in [7, 11) is 1.60. The molecule has 0 aliphatic rings. The maximum absolute atomic E-state index is 11.3. The molecule has 0 bridgehead atoms. The lowest BCUT2D eigenvalue weighted by atomic mass is 10.0. The molecule has 4 aromatic rings. The van der Waals surface area contributed by atoms with Gasteiger partial charge in [-0.3, -0.25) is 10.1 Å². The topological polar surface area (TPSA) is 101 Å². The number of non-ortho nitro benzene ring substituents is 1. The Morgan fingerprint density at radius 1 is 1.06 bits per heavy atom. The zero-order chi connectivity index (χ0) is 24.2. The predicted molar refractivity (Wildman–Crippen MR) is 149 cm³/mol. The van der Waals surface area contributed by atoms with Gasteiger partial charge in [0.2, 0.25) is 0 Å². The van der Waals surface area contributed by atoms with Crippen LogP contribution in [0.25, 0.3) is 21.8 Å². The number of aliphatic hydroxyl groups is 1. The Balaban J connectivity index is 0.00000228. The van der Waals surface area contributed by atoms with Crippen LogP contribution in [0, 0.1) is 10.1 Å². The van der Waals surface area contributed by atoms with E-state index in [1.807, 2.05) is 42.5 Å². The number of ether oxygens (including phenoxy) is 1. The second-order valence-corrected chi connectivity index (χ2v) is 8.05. The summed E-state index contributed by atoms with van der Waals surface area (Å²) in [4.78, 5) is 17.7. The maximum Gasteiger partial charge on any atom is 0.271 e. The molecule has 0 aliphatic carbocycles. The average molecular weight is 533 g/mol. The third-order valence-corrected chi connectivity index (χ3v) is 6.07. The third kappa shape index (κ3) is 5.96. The Morgan fingerprint density at radius 3 is 2.36 bits per heavy atom. The minimum atomic E-state index is -0.572. The van der Waals surface area contributed by atoms with Crippen molar-refractivity contribution in [2.24, 2.45) is 0 Å². The van der Waals surface area contributed by atoms with E-state index < -0.39 is 11.0 Å². The van der Waals surface area contributed by atoms with Crippen LogP contribution >= 0.6 is 24.8 Å². The first-order valence-electron chi connectivity index (χ1n) is 11.3. The Labute approximate surface area is 222 Å². The molecule has 0 spiro atoms. The van der Waals surface area contributed by atoms with Gasteiger partial charge in [-0.1, -0.05) is 32.0 Å². The van der Waals surface area contributed by atoms with Crippen LogP contribution < -0.4 is 10.1 Å². The van der Waals surface area contributed by atoms with Gasteiger partial charge in [-0.25, -0.2) is 4.98 Å². The summed E-state index contributed by atoms with van der Waals surface area (Å²) in [5, 5.41) is 26.9. The van der Waals surface area contributed by atoms with E-state index in [1.54, 1.807) is 13.2 Å². The number of hydrogen-bond acceptors (Lipinski definition) is 7. The van der Waals surface area contributed by atoms with Crippen LogP contribution in [-0.4, -0.2) is 46.7 Å². The third-order valence-electron chi connectivity index (χ3n) is 6.07. The van der Waals surface area contributed by atoms with Crippen molar-refractivity contribution < 1.29 is 14.8 Å². The molecule has 0 radical (unpaired) electrons. The van der Waals surface area contributed by atoms with Gasteiger partial charge in [0.25, 0.3) is 5.69 Å². The zero-order valence-corrected chi connectivity index (χ0v) is 21.9. The number of benzene rings is 3. The molecule has 36 heavy (non-hydrogen) atoms. The fraction of sp³-hybridized carbons (Fsp3) is 0.269. The SMILES string of the molecule is CCN(CC)CC(O)c1ccc(Nc2c3ccc([N+](=O)[O-])cc3nc3cccc(OC)c23)cc1.Cl.Cl. The number of halogens is 2. The predicted octanol–water partition coefficient (Wildman–Crippen LogP) is 6.27. The van der Waals surface area contributed by atoms with Crippen LogP contribution in [-0.2, 0) is 0 Å². The Kier molecular flexibility index (Phi) is 10.2. The molecule has 0 amide bonds. The smallest absolute Gasteiger partial charge is 0.271 e. The highest BCUT2D eigenvalue weighted by Gasteiger charge is 2.17. The second-order valence-electron chi connectivity index (χ2n) is 8.05. The van der Waals surface area contributed by atoms with Gasteiger partial charge in [-0.2, -0.15) is 0 Å². The van der Waals surface area contributed by atoms with Crippen molar-refractivity contribution in [1.82, 2.24) is 9.88 Å². The number of likely N-dealkylation sites (N-methyl/N-ethyl adjacent to an activating group) is 1. The number of nitro groups is 1. The van der Waals surface area contributed by atoms with Crippen LogP contribution in [0.1, 0.15) is 25.5 Å². The van der Waals surface area contributed by atoms with E-state index in [0.717, 1.165) is 40.8 Å². The lowest BCUT2D eigenvalue weighted by Gasteiger charge is -2.22. The highest BCUT2D eigenvalue weighted by atomic mass is 35.5. The van der Waals surface area contributed by atoms with E-state index in [2.05, 4.69) is 29.0 Å². The highest BCUT2D eigenvalue weighted by molar-refractivity contribution is 6.11. The summed E-state index contributed by atoms with van der Waals surface area (Å²) in [6, 6.07) is 17.9. The minimum Gasteiger partial charge on any atom is -0.496 e. The fourth-order valence-electron chi connectivity index (χ4n) is 4.13. The Hall–Kier alpha value is -3.17. The number of nitro benzene ring substituents is 1. The molecule has 10 heteroatoms. The molecule has 1 aromatic heterocycles. The van der Waals surface area contributed by atoms with Crippen molar-refractivity contribution >= 4 is 63.7 Å². The number of hydrogen-bond donors (Lipinski definition) is 2. The first kappa shape index (κ1) is 29.1. The minimum absolute atomic E-state index is 0. The molecule has 1 atom stereocenters. The summed E-state index contributed by atoms with van der Waals surface area (Å²) in [5.74, 6) is 0.652. The summed E-state index contributed by atoms with van der Waals surface area (Å²) >= 11 is 0.